The number of hydrogen-bond acceptors (Lipinski definition) is 9. The highest BCUT2D eigenvalue weighted by Gasteiger charge is 2.61. The predicted octanol–water partition coefficient (Wildman–Crippen LogP) is 4.84. The van der Waals surface area contributed by atoms with Crippen molar-refractivity contribution in [2.45, 2.75) is 63.2 Å². The molecule has 1 fully saturated rings. The van der Waals surface area contributed by atoms with Crippen molar-refractivity contribution in [1.82, 2.24) is 20.2 Å². The van der Waals surface area contributed by atoms with E-state index in [1.54, 1.807) is 26.4 Å². The zero-order valence-corrected chi connectivity index (χ0v) is 23.1. The Labute approximate surface area is 238 Å². The lowest BCUT2D eigenvalue weighted by atomic mass is 9.88. The van der Waals surface area contributed by atoms with Crippen LogP contribution in [0, 0.1) is 0 Å². The average Bonchev–Trinajstić information content (AvgIpc) is 3.43. The second kappa shape index (κ2) is 13.0. The standard InChI is InChI=1S/C27H31F5N4O6/c1-5-40-24-21(38-3)15(2)41-22(23(24)39-4)20-12-16(6-7-17(20)13-34-37)25-33-14-36(35-25)18-8-10-19(11-9-18)42-27(31,32)26(28,29)30/h6-12,14-15,21-24,34,37H,5,13H2,1-4H3/t15-,21-,22-,23+,24+/m0/s1. The zero-order valence-electron chi connectivity index (χ0n) is 23.1. The van der Waals surface area contributed by atoms with Gasteiger partial charge >= 0.3 is 12.3 Å². The first kappa shape index (κ1) is 31.7. The minimum absolute atomic E-state index is 0.108. The number of benzene rings is 2. The Kier molecular flexibility index (Phi) is 9.80. The molecule has 2 heterocycles. The number of ether oxygens (including phenoxy) is 5. The number of rotatable bonds is 11. The van der Waals surface area contributed by atoms with E-state index in [4.69, 9.17) is 18.9 Å². The van der Waals surface area contributed by atoms with Gasteiger partial charge in [-0.25, -0.2) is 15.1 Å². The van der Waals surface area contributed by atoms with Crippen molar-refractivity contribution in [2.75, 3.05) is 20.8 Å². The number of hydroxylamine groups is 1. The summed E-state index contributed by atoms with van der Waals surface area (Å²) in [6.45, 7) is 4.28. The van der Waals surface area contributed by atoms with Crippen LogP contribution in [0.3, 0.4) is 0 Å². The second-order valence-corrected chi connectivity index (χ2v) is 9.45. The lowest BCUT2D eigenvalue weighted by Crippen LogP contribution is -2.56. The summed E-state index contributed by atoms with van der Waals surface area (Å²) in [7, 11) is 3.12. The summed E-state index contributed by atoms with van der Waals surface area (Å²) >= 11 is 0. The minimum Gasteiger partial charge on any atom is -0.426 e. The van der Waals surface area contributed by atoms with Crippen LogP contribution < -0.4 is 10.2 Å². The first-order chi connectivity index (χ1) is 19.9. The van der Waals surface area contributed by atoms with E-state index in [1.807, 2.05) is 19.9 Å². The quantitative estimate of drug-likeness (QED) is 0.235. The molecule has 10 nitrogen and oxygen atoms in total. The van der Waals surface area contributed by atoms with Gasteiger partial charge in [0, 0.05) is 32.9 Å². The largest absolute Gasteiger partial charge is 0.499 e. The van der Waals surface area contributed by atoms with Crippen molar-refractivity contribution in [3.05, 3.63) is 59.9 Å². The normalized spacial score (nSPS) is 23.2. The van der Waals surface area contributed by atoms with Crippen LogP contribution in [-0.2, 0) is 25.5 Å². The lowest BCUT2D eigenvalue weighted by Gasteiger charge is -2.45. The molecule has 230 valence electrons. The third-order valence-corrected chi connectivity index (χ3v) is 6.82. The zero-order chi connectivity index (χ0) is 30.7. The van der Waals surface area contributed by atoms with Gasteiger partial charge < -0.3 is 28.9 Å². The fourth-order valence-electron chi connectivity index (χ4n) is 4.87. The fourth-order valence-corrected chi connectivity index (χ4v) is 4.87. The van der Waals surface area contributed by atoms with Crippen LogP contribution in [0.5, 0.6) is 5.75 Å². The molecule has 1 saturated heterocycles. The van der Waals surface area contributed by atoms with Crippen molar-refractivity contribution in [3.8, 4) is 22.8 Å². The molecule has 42 heavy (non-hydrogen) atoms. The molecule has 0 unspecified atom stereocenters. The fraction of sp³-hybridized carbons (Fsp3) is 0.481. The Morgan fingerprint density at radius 1 is 1.00 bits per heavy atom. The van der Waals surface area contributed by atoms with Crippen molar-refractivity contribution in [1.29, 1.82) is 0 Å². The Morgan fingerprint density at radius 2 is 1.69 bits per heavy atom. The molecule has 1 aliphatic rings. The van der Waals surface area contributed by atoms with E-state index >= 15 is 0 Å². The molecular weight excluding hydrogens is 571 g/mol. The number of methoxy groups -OCH3 is 2. The number of halogens is 5. The number of nitrogens with zero attached hydrogens (tertiary/aromatic N) is 3. The summed E-state index contributed by atoms with van der Waals surface area (Å²) in [6.07, 6.45) is -12.2. The first-order valence-corrected chi connectivity index (χ1v) is 12.9. The molecule has 0 aliphatic carbocycles. The summed E-state index contributed by atoms with van der Waals surface area (Å²) in [5.41, 5.74) is 4.50. The van der Waals surface area contributed by atoms with E-state index in [-0.39, 0.29) is 24.6 Å². The van der Waals surface area contributed by atoms with Gasteiger partial charge in [-0.15, -0.1) is 5.10 Å². The van der Waals surface area contributed by atoms with Crippen molar-refractivity contribution in [3.63, 3.8) is 0 Å². The van der Waals surface area contributed by atoms with E-state index in [0.717, 1.165) is 17.7 Å². The highest BCUT2D eigenvalue weighted by atomic mass is 19.4. The maximum atomic E-state index is 13.2. The van der Waals surface area contributed by atoms with Gasteiger partial charge in [0.05, 0.1) is 11.8 Å². The van der Waals surface area contributed by atoms with E-state index in [2.05, 4.69) is 20.3 Å². The molecule has 4 rings (SSSR count). The van der Waals surface area contributed by atoms with Crippen LogP contribution >= 0.6 is 0 Å². The molecule has 5 atom stereocenters. The topological polar surface area (TPSA) is 109 Å². The minimum atomic E-state index is -5.85. The van der Waals surface area contributed by atoms with Gasteiger partial charge in [0.2, 0.25) is 0 Å². The molecule has 0 bridgehead atoms. The Hall–Kier alpha value is -3.21. The number of aromatic nitrogens is 3. The maximum absolute atomic E-state index is 13.2. The molecule has 1 aromatic heterocycles. The lowest BCUT2D eigenvalue weighted by molar-refractivity contribution is -0.360. The van der Waals surface area contributed by atoms with E-state index < -0.39 is 36.3 Å². The highest BCUT2D eigenvalue weighted by molar-refractivity contribution is 5.58. The molecule has 3 aromatic rings. The van der Waals surface area contributed by atoms with Gasteiger partial charge in [-0.05, 0) is 55.3 Å². The number of hydrogen-bond donors (Lipinski definition) is 2. The van der Waals surface area contributed by atoms with E-state index in [1.165, 1.54) is 23.1 Å². The number of nitrogens with one attached hydrogen (secondary N) is 1. The summed E-state index contributed by atoms with van der Waals surface area (Å²) in [6, 6.07) is 9.81. The molecular formula is C27H31F5N4O6. The molecule has 0 radical (unpaired) electrons. The van der Waals surface area contributed by atoms with Gasteiger partial charge in [-0.1, -0.05) is 12.1 Å². The summed E-state index contributed by atoms with van der Waals surface area (Å²) in [4.78, 5) is 4.33. The molecule has 0 saturated carbocycles. The third-order valence-electron chi connectivity index (χ3n) is 6.82. The average molecular weight is 603 g/mol. The number of alkyl halides is 5. The summed E-state index contributed by atoms with van der Waals surface area (Å²) in [5.74, 6) is -0.382. The summed E-state index contributed by atoms with van der Waals surface area (Å²) < 4.78 is 92.8. The molecule has 0 spiro atoms. The van der Waals surface area contributed by atoms with E-state index in [9.17, 15) is 27.2 Å². The van der Waals surface area contributed by atoms with Crippen LogP contribution in [0.15, 0.2) is 48.8 Å². The van der Waals surface area contributed by atoms with Gasteiger partial charge in [-0.2, -0.15) is 22.0 Å². The van der Waals surface area contributed by atoms with E-state index in [0.29, 0.717) is 23.4 Å². The molecule has 0 amide bonds. The molecule has 2 aromatic carbocycles. The van der Waals surface area contributed by atoms with Gasteiger partial charge in [0.1, 0.15) is 36.5 Å². The van der Waals surface area contributed by atoms with Gasteiger partial charge in [0.15, 0.2) is 5.82 Å². The smallest absolute Gasteiger partial charge is 0.426 e. The maximum Gasteiger partial charge on any atom is 0.499 e. The van der Waals surface area contributed by atoms with Crippen molar-refractivity contribution < 1.29 is 50.8 Å². The van der Waals surface area contributed by atoms with Gasteiger partial charge in [0.25, 0.3) is 0 Å². The Morgan fingerprint density at radius 3 is 2.29 bits per heavy atom. The second-order valence-electron chi connectivity index (χ2n) is 9.45. The molecule has 15 heteroatoms. The van der Waals surface area contributed by atoms with Crippen LogP contribution in [0.4, 0.5) is 22.0 Å². The van der Waals surface area contributed by atoms with Crippen molar-refractivity contribution >= 4 is 0 Å². The Balaban J connectivity index is 1.63. The summed E-state index contributed by atoms with van der Waals surface area (Å²) in [5, 5.41) is 13.9. The predicted molar refractivity (Wildman–Crippen MR) is 137 cm³/mol. The SMILES string of the molecule is CCO[C@@H]1[C@@H](OC)[C@H](C)O[C@@H](c2cc(-c3ncn(-c4ccc(OC(F)(F)C(F)(F)F)cc4)n3)ccc2CNO)[C@H]1OC. The molecule has 2 N–H and O–H groups in total. The van der Waals surface area contributed by atoms with Gasteiger partial charge in [-0.3, -0.25) is 0 Å². The third kappa shape index (κ3) is 6.55. The monoisotopic (exact) mass is 602 g/mol. The van der Waals surface area contributed by atoms with Crippen LogP contribution in [-0.4, -0.2) is 77.5 Å². The van der Waals surface area contributed by atoms with Crippen LogP contribution in [0.2, 0.25) is 0 Å². The van der Waals surface area contributed by atoms with Crippen LogP contribution in [0.25, 0.3) is 17.1 Å². The molecule has 1 aliphatic heterocycles. The Bertz CT molecular complexity index is 1320. The van der Waals surface area contributed by atoms with Crippen LogP contribution in [0.1, 0.15) is 31.1 Å². The first-order valence-electron chi connectivity index (χ1n) is 12.9. The highest BCUT2D eigenvalue weighted by Crippen LogP contribution is 2.40. The van der Waals surface area contributed by atoms with Crippen molar-refractivity contribution in [2.24, 2.45) is 0 Å².